The summed E-state index contributed by atoms with van der Waals surface area (Å²) in [6, 6.07) is 3.62. The van der Waals surface area contributed by atoms with Gasteiger partial charge in [-0.3, -0.25) is 4.79 Å². The van der Waals surface area contributed by atoms with E-state index >= 15 is 0 Å². The van der Waals surface area contributed by atoms with Crippen LogP contribution in [0.4, 0.5) is 0 Å². The van der Waals surface area contributed by atoms with Gasteiger partial charge in [-0.15, -0.1) is 10.2 Å². The number of nitrogens with zero attached hydrogens (tertiary/aromatic N) is 4. The summed E-state index contributed by atoms with van der Waals surface area (Å²) in [5, 5.41) is 7.34. The first-order valence-electron chi connectivity index (χ1n) is 3.82. The number of aldehydes is 1. The van der Waals surface area contributed by atoms with Gasteiger partial charge in [-0.2, -0.15) is 0 Å². The number of carbonyl (C=O) groups is 1. The van der Waals surface area contributed by atoms with Crippen molar-refractivity contribution in [1.29, 1.82) is 0 Å². The van der Waals surface area contributed by atoms with Crippen molar-refractivity contribution < 1.29 is 4.79 Å². The van der Waals surface area contributed by atoms with Crippen molar-refractivity contribution in [2.75, 3.05) is 0 Å². The summed E-state index contributed by atoms with van der Waals surface area (Å²) in [7, 11) is 0. The molecule has 2 aromatic heterocycles. The minimum Gasteiger partial charge on any atom is -0.296 e. The van der Waals surface area contributed by atoms with Crippen molar-refractivity contribution in [3.63, 3.8) is 0 Å². The van der Waals surface area contributed by atoms with Crippen LogP contribution < -0.4 is 0 Å². The Morgan fingerprint density at radius 3 is 2.62 bits per heavy atom. The molecule has 0 bridgehead atoms. The molecule has 5 nitrogen and oxygen atoms in total. The fourth-order valence-electron chi connectivity index (χ4n) is 1.25. The van der Waals surface area contributed by atoms with Gasteiger partial charge in [-0.25, -0.2) is 9.35 Å². The number of aromatic nitrogens is 4. The first kappa shape index (κ1) is 7.72. The van der Waals surface area contributed by atoms with E-state index in [0.29, 0.717) is 5.69 Å². The van der Waals surface area contributed by atoms with Gasteiger partial charge in [-0.05, 0) is 19.1 Å². The second-order valence-electron chi connectivity index (χ2n) is 2.67. The number of aryl methyl sites for hydroxylation is 1. The molecule has 0 aliphatic rings. The van der Waals surface area contributed by atoms with Gasteiger partial charge in [0.2, 0.25) is 0 Å². The Kier molecular flexibility index (Phi) is 1.70. The highest BCUT2D eigenvalue weighted by Gasteiger charge is 2.04. The molecule has 66 valence electrons. The van der Waals surface area contributed by atoms with E-state index in [4.69, 9.17) is 0 Å². The molecule has 0 aliphatic heterocycles. The highest BCUT2D eigenvalue weighted by atomic mass is 16.1. The van der Waals surface area contributed by atoms with Crippen LogP contribution in [0.2, 0.25) is 0 Å². The smallest absolute Gasteiger partial charge is 0.168 e. The summed E-state index contributed by atoms with van der Waals surface area (Å²) in [6.45, 7) is 1.91. The van der Waals surface area contributed by atoms with Crippen LogP contribution in [0.25, 0.3) is 0 Å². The average molecular weight is 176 g/mol. The van der Waals surface area contributed by atoms with Crippen LogP contribution in [0.15, 0.2) is 24.8 Å². The molecule has 0 aliphatic carbocycles. The number of rotatable bonds is 2. The minimum atomic E-state index is 0.581. The number of hydrogen-bond donors (Lipinski definition) is 0. The molecule has 5 heteroatoms. The van der Waals surface area contributed by atoms with E-state index in [1.165, 1.54) is 0 Å². The molecule has 0 spiro atoms. The summed E-state index contributed by atoms with van der Waals surface area (Å²) in [6.07, 6.45) is 3.88. The van der Waals surface area contributed by atoms with Crippen molar-refractivity contribution in [1.82, 2.24) is 19.5 Å². The van der Waals surface area contributed by atoms with E-state index in [9.17, 15) is 4.79 Å². The number of carbonyl (C=O) groups excluding carboxylic acids is 1. The molecule has 0 saturated carbocycles. The van der Waals surface area contributed by atoms with Crippen LogP contribution in [0.1, 0.15) is 16.2 Å². The zero-order valence-electron chi connectivity index (χ0n) is 7.08. The lowest BCUT2D eigenvalue weighted by atomic mass is 10.5. The lowest BCUT2D eigenvalue weighted by Crippen LogP contribution is -2.11. The SMILES string of the molecule is Cc1ccc(C=O)n1-n1cnnc1. The fraction of sp³-hybridized carbons (Fsp3) is 0.125. The molecular weight excluding hydrogens is 168 g/mol. The second kappa shape index (κ2) is 2.85. The standard InChI is InChI=1S/C8H8N4O/c1-7-2-3-8(4-13)12(7)11-5-9-10-6-11/h2-6H,1H3. The third-order valence-electron chi connectivity index (χ3n) is 1.83. The van der Waals surface area contributed by atoms with Gasteiger partial charge in [-0.1, -0.05) is 0 Å². The molecule has 13 heavy (non-hydrogen) atoms. The molecule has 2 heterocycles. The van der Waals surface area contributed by atoms with E-state index in [-0.39, 0.29) is 0 Å². The Labute approximate surface area is 74.6 Å². The van der Waals surface area contributed by atoms with E-state index in [1.54, 1.807) is 28.1 Å². The van der Waals surface area contributed by atoms with Gasteiger partial charge in [0.25, 0.3) is 0 Å². The van der Waals surface area contributed by atoms with Crippen LogP contribution in [0, 0.1) is 6.92 Å². The minimum absolute atomic E-state index is 0.581. The van der Waals surface area contributed by atoms with E-state index < -0.39 is 0 Å². The molecule has 0 unspecified atom stereocenters. The van der Waals surface area contributed by atoms with Crippen LogP contribution in [0.5, 0.6) is 0 Å². The van der Waals surface area contributed by atoms with Crippen LogP contribution in [-0.2, 0) is 0 Å². The predicted octanol–water partition coefficient (Wildman–Crippen LogP) is 0.512. The normalized spacial score (nSPS) is 10.2. The molecule has 2 rings (SSSR count). The van der Waals surface area contributed by atoms with Gasteiger partial charge in [0, 0.05) is 5.69 Å². The Morgan fingerprint density at radius 1 is 1.31 bits per heavy atom. The summed E-state index contributed by atoms with van der Waals surface area (Å²) >= 11 is 0. The van der Waals surface area contributed by atoms with Crippen molar-refractivity contribution in [3.05, 3.63) is 36.2 Å². The van der Waals surface area contributed by atoms with Crippen molar-refractivity contribution in [3.8, 4) is 0 Å². The maximum absolute atomic E-state index is 10.7. The van der Waals surface area contributed by atoms with E-state index in [1.807, 2.05) is 13.0 Å². The van der Waals surface area contributed by atoms with Crippen molar-refractivity contribution in [2.24, 2.45) is 0 Å². The number of hydrogen-bond acceptors (Lipinski definition) is 3. The van der Waals surface area contributed by atoms with Crippen molar-refractivity contribution in [2.45, 2.75) is 6.92 Å². The largest absolute Gasteiger partial charge is 0.296 e. The summed E-state index contributed by atoms with van der Waals surface area (Å²) < 4.78 is 3.38. The molecule has 0 atom stereocenters. The first-order valence-corrected chi connectivity index (χ1v) is 3.82. The summed E-state index contributed by atoms with van der Waals surface area (Å²) in [5.74, 6) is 0. The lowest BCUT2D eigenvalue weighted by Gasteiger charge is -2.06. The van der Waals surface area contributed by atoms with Crippen LogP contribution in [-0.4, -0.2) is 25.8 Å². The molecule has 2 aromatic rings. The quantitative estimate of drug-likeness (QED) is 0.626. The molecule has 0 amide bonds. The third kappa shape index (κ3) is 1.14. The topological polar surface area (TPSA) is 52.7 Å². The third-order valence-corrected chi connectivity index (χ3v) is 1.83. The summed E-state index contributed by atoms with van der Waals surface area (Å²) in [5.41, 5.74) is 1.54. The van der Waals surface area contributed by atoms with Crippen LogP contribution in [0.3, 0.4) is 0 Å². The van der Waals surface area contributed by atoms with E-state index in [2.05, 4.69) is 10.2 Å². The van der Waals surface area contributed by atoms with Crippen molar-refractivity contribution >= 4 is 6.29 Å². The maximum Gasteiger partial charge on any atom is 0.168 e. The Morgan fingerprint density at radius 2 is 2.00 bits per heavy atom. The monoisotopic (exact) mass is 176 g/mol. The zero-order chi connectivity index (χ0) is 9.26. The molecular formula is C8H8N4O. The Bertz CT molecular complexity index is 415. The molecule has 0 N–H and O–H groups in total. The second-order valence-corrected chi connectivity index (χ2v) is 2.67. The van der Waals surface area contributed by atoms with Gasteiger partial charge in [0.15, 0.2) is 6.29 Å². The molecule has 0 saturated heterocycles. The summed E-state index contributed by atoms with van der Waals surface area (Å²) in [4.78, 5) is 10.7. The molecule has 0 fully saturated rings. The van der Waals surface area contributed by atoms with Gasteiger partial charge in [0.1, 0.15) is 18.3 Å². The fourth-order valence-corrected chi connectivity index (χ4v) is 1.25. The Hall–Kier alpha value is -1.91. The Balaban J connectivity index is 2.62. The average Bonchev–Trinajstić information content (AvgIpc) is 2.72. The highest BCUT2D eigenvalue weighted by Crippen LogP contribution is 2.05. The predicted molar refractivity (Wildman–Crippen MR) is 45.4 cm³/mol. The molecule has 0 radical (unpaired) electrons. The van der Waals surface area contributed by atoms with Gasteiger partial charge >= 0.3 is 0 Å². The molecule has 0 aromatic carbocycles. The van der Waals surface area contributed by atoms with Gasteiger partial charge in [0.05, 0.1) is 0 Å². The van der Waals surface area contributed by atoms with Crippen LogP contribution >= 0.6 is 0 Å². The highest BCUT2D eigenvalue weighted by molar-refractivity contribution is 5.72. The first-order chi connectivity index (χ1) is 6.33. The van der Waals surface area contributed by atoms with Gasteiger partial charge < -0.3 is 0 Å². The maximum atomic E-state index is 10.7. The zero-order valence-corrected chi connectivity index (χ0v) is 7.08. The van der Waals surface area contributed by atoms with E-state index in [0.717, 1.165) is 12.0 Å². The lowest BCUT2D eigenvalue weighted by molar-refractivity contribution is 0.111.